The second-order valence-electron chi connectivity index (χ2n) is 4.65. The SMILES string of the molecule is O=C(O)c1sccc1S(=O)(=O)NCCC(=O)N1CCCC1. The van der Waals surface area contributed by atoms with Crippen LogP contribution in [-0.4, -0.2) is 49.9 Å². The molecular formula is C12H16N2O5S2. The number of likely N-dealkylation sites (tertiary alicyclic amines) is 1. The molecule has 0 bridgehead atoms. The summed E-state index contributed by atoms with van der Waals surface area (Å²) in [5, 5.41) is 10.3. The normalized spacial score (nSPS) is 15.3. The molecule has 0 aliphatic carbocycles. The molecule has 0 atom stereocenters. The third-order valence-electron chi connectivity index (χ3n) is 3.20. The van der Waals surface area contributed by atoms with Crippen LogP contribution in [0.5, 0.6) is 0 Å². The lowest BCUT2D eigenvalue weighted by Gasteiger charge is -2.15. The van der Waals surface area contributed by atoms with Crippen LogP contribution in [0.3, 0.4) is 0 Å². The number of rotatable bonds is 6. The first-order valence-electron chi connectivity index (χ1n) is 6.50. The number of carboxylic acid groups (broad SMARTS) is 1. The number of hydrogen-bond acceptors (Lipinski definition) is 5. The Hall–Kier alpha value is -1.45. The second kappa shape index (κ2) is 6.54. The Balaban J connectivity index is 1.93. The van der Waals surface area contributed by atoms with Gasteiger partial charge in [-0.3, -0.25) is 4.79 Å². The lowest BCUT2D eigenvalue weighted by Crippen LogP contribution is -2.33. The van der Waals surface area contributed by atoms with Crippen molar-refractivity contribution in [2.24, 2.45) is 0 Å². The van der Waals surface area contributed by atoms with Crippen molar-refractivity contribution in [2.75, 3.05) is 19.6 Å². The number of carbonyl (C=O) groups is 2. The minimum atomic E-state index is -3.90. The number of nitrogens with one attached hydrogen (secondary N) is 1. The van der Waals surface area contributed by atoms with Gasteiger partial charge in [0.2, 0.25) is 15.9 Å². The Bertz CT molecular complexity index is 632. The van der Waals surface area contributed by atoms with Crippen LogP contribution in [0, 0.1) is 0 Å². The number of nitrogens with zero attached hydrogens (tertiary/aromatic N) is 1. The largest absolute Gasteiger partial charge is 0.477 e. The van der Waals surface area contributed by atoms with Crippen LogP contribution in [0.2, 0.25) is 0 Å². The lowest BCUT2D eigenvalue weighted by molar-refractivity contribution is -0.129. The Kier molecular flexibility index (Phi) is 4.96. The highest BCUT2D eigenvalue weighted by atomic mass is 32.2. The Morgan fingerprint density at radius 3 is 2.62 bits per heavy atom. The molecular weight excluding hydrogens is 316 g/mol. The summed E-state index contributed by atoms with van der Waals surface area (Å²) in [6, 6.07) is 1.25. The van der Waals surface area contributed by atoms with Crippen LogP contribution >= 0.6 is 11.3 Å². The fraction of sp³-hybridized carbons (Fsp3) is 0.500. The van der Waals surface area contributed by atoms with Gasteiger partial charge in [0, 0.05) is 26.1 Å². The van der Waals surface area contributed by atoms with E-state index in [1.54, 1.807) is 4.90 Å². The van der Waals surface area contributed by atoms with Gasteiger partial charge < -0.3 is 10.0 Å². The Labute approximate surface area is 126 Å². The van der Waals surface area contributed by atoms with Gasteiger partial charge in [0.1, 0.15) is 9.77 Å². The predicted octanol–water partition coefficient (Wildman–Crippen LogP) is 0.737. The molecule has 0 aromatic carbocycles. The van der Waals surface area contributed by atoms with Crippen LogP contribution in [0.15, 0.2) is 16.3 Å². The molecule has 1 aliphatic heterocycles. The third-order valence-corrected chi connectivity index (χ3v) is 5.74. The molecule has 1 saturated heterocycles. The number of sulfonamides is 1. The van der Waals surface area contributed by atoms with Crippen molar-refractivity contribution in [1.82, 2.24) is 9.62 Å². The Morgan fingerprint density at radius 1 is 1.33 bits per heavy atom. The van der Waals surface area contributed by atoms with E-state index in [-0.39, 0.29) is 28.6 Å². The highest BCUT2D eigenvalue weighted by molar-refractivity contribution is 7.89. The summed E-state index contributed by atoms with van der Waals surface area (Å²) in [5.41, 5.74) is 0. The molecule has 0 spiro atoms. The molecule has 1 aromatic rings. The smallest absolute Gasteiger partial charge is 0.347 e. The molecule has 1 aliphatic rings. The highest BCUT2D eigenvalue weighted by Crippen LogP contribution is 2.21. The summed E-state index contributed by atoms with van der Waals surface area (Å²) in [4.78, 5) is 24.0. The summed E-state index contributed by atoms with van der Waals surface area (Å²) in [6.07, 6.45) is 2.04. The van der Waals surface area contributed by atoms with Gasteiger partial charge in [0.25, 0.3) is 0 Å². The van der Waals surface area contributed by atoms with E-state index in [4.69, 9.17) is 5.11 Å². The van der Waals surface area contributed by atoms with E-state index in [0.29, 0.717) is 0 Å². The van der Waals surface area contributed by atoms with Crippen molar-refractivity contribution >= 4 is 33.2 Å². The van der Waals surface area contributed by atoms with E-state index in [1.165, 1.54) is 11.4 Å². The molecule has 0 radical (unpaired) electrons. The topological polar surface area (TPSA) is 104 Å². The van der Waals surface area contributed by atoms with Gasteiger partial charge in [0.05, 0.1) is 0 Å². The number of thiophene rings is 1. The molecule has 0 unspecified atom stereocenters. The number of carboxylic acids is 1. The molecule has 2 N–H and O–H groups in total. The van der Waals surface area contributed by atoms with E-state index in [0.717, 1.165) is 37.3 Å². The van der Waals surface area contributed by atoms with E-state index in [2.05, 4.69) is 4.72 Å². The van der Waals surface area contributed by atoms with Crippen LogP contribution < -0.4 is 4.72 Å². The molecule has 7 nitrogen and oxygen atoms in total. The van der Waals surface area contributed by atoms with Crippen molar-refractivity contribution in [2.45, 2.75) is 24.2 Å². The van der Waals surface area contributed by atoms with Crippen molar-refractivity contribution < 1.29 is 23.1 Å². The van der Waals surface area contributed by atoms with Gasteiger partial charge in [-0.05, 0) is 24.3 Å². The first-order valence-corrected chi connectivity index (χ1v) is 8.86. The summed E-state index contributed by atoms with van der Waals surface area (Å²) in [7, 11) is -3.90. The molecule has 1 amide bonds. The van der Waals surface area contributed by atoms with Gasteiger partial charge in [0.15, 0.2) is 0 Å². The number of amides is 1. The van der Waals surface area contributed by atoms with Crippen LogP contribution in [0.4, 0.5) is 0 Å². The van der Waals surface area contributed by atoms with Gasteiger partial charge in [-0.1, -0.05) is 0 Å². The molecule has 0 saturated carbocycles. The number of aromatic carboxylic acids is 1. The minimum absolute atomic E-state index is 0.0351. The number of hydrogen-bond donors (Lipinski definition) is 2. The zero-order valence-electron chi connectivity index (χ0n) is 11.2. The lowest BCUT2D eigenvalue weighted by atomic mass is 10.4. The zero-order valence-corrected chi connectivity index (χ0v) is 12.9. The standard InChI is InChI=1S/C12H16N2O5S2/c15-10(14-6-1-2-7-14)3-5-13-21(18,19)9-4-8-20-11(9)12(16)17/h4,8,13H,1-3,5-7H2,(H,16,17). The molecule has 9 heteroatoms. The predicted molar refractivity (Wildman–Crippen MR) is 76.9 cm³/mol. The summed E-state index contributed by atoms with van der Waals surface area (Å²) in [5.74, 6) is -1.36. The van der Waals surface area contributed by atoms with E-state index >= 15 is 0 Å². The van der Waals surface area contributed by atoms with Crippen molar-refractivity contribution in [3.05, 3.63) is 16.3 Å². The summed E-state index contributed by atoms with van der Waals surface area (Å²) in [6.45, 7) is 1.41. The molecule has 2 heterocycles. The molecule has 1 fully saturated rings. The van der Waals surface area contributed by atoms with Crippen molar-refractivity contribution in [1.29, 1.82) is 0 Å². The molecule has 2 rings (SSSR count). The van der Waals surface area contributed by atoms with Gasteiger partial charge >= 0.3 is 5.97 Å². The fourth-order valence-electron chi connectivity index (χ4n) is 2.16. The monoisotopic (exact) mass is 332 g/mol. The minimum Gasteiger partial charge on any atom is -0.477 e. The summed E-state index contributed by atoms with van der Waals surface area (Å²) < 4.78 is 26.3. The maximum absolute atomic E-state index is 12.0. The Morgan fingerprint density at radius 2 is 2.00 bits per heavy atom. The highest BCUT2D eigenvalue weighted by Gasteiger charge is 2.24. The van der Waals surface area contributed by atoms with Gasteiger partial charge in [-0.15, -0.1) is 11.3 Å². The third kappa shape index (κ3) is 3.80. The maximum atomic E-state index is 12.0. The van der Waals surface area contributed by atoms with E-state index in [1.807, 2.05) is 0 Å². The average Bonchev–Trinajstić information content (AvgIpc) is 3.10. The van der Waals surface area contributed by atoms with Gasteiger partial charge in [-0.2, -0.15) is 0 Å². The van der Waals surface area contributed by atoms with Crippen LogP contribution in [0.25, 0.3) is 0 Å². The van der Waals surface area contributed by atoms with E-state index < -0.39 is 16.0 Å². The maximum Gasteiger partial charge on any atom is 0.347 e. The fourth-order valence-corrected chi connectivity index (χ4v) is 4.45. The van der Waals surface area contributed by atoms with E-state index in [9.17, 15) is 18.0 Å². The van der Waals surface area contributed by atoms with Gasteiger partial charge in [-0.25, -0.2) is 17.9 Å². The first kappa shape index (κ1) is 15.9. The molecule has 116 valence electrons. The average molecular weight is 332 g/mol. The zero-order chi connectivity index (χ0) is 15.5. The quantitative estimate of drug-likeness (QED) is 0.799. The van der Waals surface area contributed by atoms with Crippen molar-refractivity contribution in [3.63, 3.8) is 0 Å². The second-order valence-corrected chi connectivity index (χ2v) is 7.31. The van der Waals surface area contributed by atoms with Crippen LogP contribution in [0.1, 0.15) is 28.9 Å². The number of carbonyl (C=O) groups excluding carboxylic acids is 1. The molecule has 21 heavy (non-hydrogen) atoms. The summed E-state index contributed by atoms with van der Waals surface area (Å²) >= 11 is 0.851. The first-order chi connectivity index (χ1) is 9.92. The van der Waals surface area contributed by atoms with Crippen LogP contribution in [-0.2, 0) is 14.8 Å². The molecule has 1 aromatic heterocycles. The van der Waals surface area contributed by atoms with Crippen molar-refractivity contribution in [3.8, 4) is 0 Å².